The number of rotatable bonds is 5. The Bertz CT molecular complexity index is 541. The molecule has 1 aromatic heterocycles. The fraction of sp³-hybridized carbons (Fsp3) is 0.765. The number of nitrogens with one attached hydrogen (secondary N) is 1. The molecule has 2 fully saturated rings. The molecule has 24 heavy (non-hydrogen) atoms. The number of hydrogen-bond acceptors (Lipinski definition) is 5. The molecule has 3 heterocycles. The maximum atomic E-state index is 5.47. The zero-order valence-electron chi connectivity index (χ0n) is 14.8. The summed E-state index contributed by atoms with van der Waals surface area (Å²) in [6, 6.07) is 0.638. The summed E-state index contributed by atoms with van der Waals surface area (Å²) >= 11 is 1.77. The van der Waals surface area contributed by atoms with E-state index < -0.39 is 0 Å². The molecule has 6 nitrogen and oxygen atoms in total. The van der Waals surface area contributed by atoms with E-state index in [1.165, 1.54) is 16.3 Å². The molecule has 2 aliphatic heterocycles. The Morgan fingerprint density at radius 2 is 2.25 bits per heavy atom. The first kappa shape index (κ1) is 17.6. The predicted molar refractivity (Wildman–Crippen MR) is 98.9 cm³/mol. The van der Waals surface area contributed by atoms with Crippen molar-refractivity contribution in [2.75, 3.05) is 52.5 Å². The standard InChI is InChI=1S/C17H29N5OS/c1-3-18-17(19-6-4-16-20-12-14(2)24-16)22-7-5-15(13-22)21-8-10-23-11-9-21/h12,15H,3-11,13H2,1-2H3,(H,18,19). The highest BCUT2D eigenvalue weighted by Gasteiger charge is 2.30. The highest BCUT2D eigenvalue weighted by atomic mass is 32.1. The van der Waals surface area contributed by atoms with Gasteiger partial charge in [0, 0.05) is 62.8 Å². The third-order valence-corrected chi connectivity index (χ3v) is 5.59. The second-order valence-electron chi connectivity index (χ2n) is 6.39. The summed E-state index contributed by atoms with van der Waals surface area (Å²) < 4.78 is 5.47. The Balaban J connectivity index is 1.53. The molecule has 0 radical (unpaired) electrons. The van der Waals surface area contributed by atoms with Crippen LogP contribution >= 0.6 is 11.3 Å². The summed E-state index contributed by atoms with van der Waals surface area (Å²) in [6.07, 6.45) is 4.09. The van der Waals surface area contributed by atoms with E-state index in [4.69, 9.17) is 9.73 Å². The van der Waals surface area contributed by atoms with Gasteiger partial charge in [0.1, 0.15) is 0 Å². The van der Waals surface area contributed by atoms with Crippen LogP contribution in [0.1, 0.15) is 23.2 Å². The second kappa shape index (κ2) is 8.78. The number of nitrogens with zero attached hydrogens (tertiary/aromatic N) is 4. The van der Waals surface area contributed by atoms with Gasteiger partial charge in [0.05, 0.1) is 18.2 Å². The minimum atomic E-state index is 0.638. The Labute approximate surface area is 148 Å². The molecule has 1 atom stereocenters. The average molecular weight is 352 g/mol. The maximum absolute atomic E-state index is 5.47. The zero-order chi connectivity index (χ0) is 16.8. The lowest BCUT2D eigenvalue weighted by atomic mass is 10.2. The van der Waals surface area contributed by atoms with Gasteiger partial charge in [-0.2, -0.15) is 0 Å². The van der Waals surface area contributed by atoms with E-state index in [0.29, 0.717) is 6.04 Å². The van der Waals surface area contributed by atoms with E-state index in [2.05, 4.69) is 33.9 Å². The Morgan fingerprint density at radius 3 is 2.96 bits per heavy atom. The number of aliphatic imine (C=N–C) groups is 1. The highest BCUT2D eigenvalue weighted by molar-refractivity contribution is 7.11. The van der Waals surface area contributed by atoms with Crippen LogP contribution in [0.3, 0.4) is 0 Å². The third kappa shape index (κ3) is 4.68. The van der Waals surface area contributed by atoms with Crippen molar-refractivity contribution < 1.29 is 4.74 Å². The molecular weight excluding hydrogens is 322 g/mol. The lowest BCUT2D eigenvalue weighted by Crippen LogP contribution is -2.46. The summed E-state index contributed by atoms with van der Waals surface area (Å²) in [5.41, 5.74) is 0. The van der Waals surface area contributed by atoms with E-state index in [-0.39, 0.29) is 0 Å². The Morgan fingerprint density at radius 1 is 1.42 bits per heavy atom. The van der Waals surface area contributed by atoms with E-state index in [0.717, 1.165) is 64.9 Å². The molecule has 0 amide bonds. The third-order valence-electron chi connectivity index (χ3n) is 4.62. The average Bonchev–Trinajstić information content (AvgIpc) is 3.24. The monoisotopic (exact) mass is 351 g/mol. The van der Waals surface area contributed by atoms with Gasteiger partial charge < -0.3 is 15.0 Å². The Hall–Kier alpha value is -1.18. The quantitative estimate of drug-likeness (QED) is 0.641. The van der Waals surface area contributed by atoms with E-state index >= 15 is 0 Å². The van der Waals surface area contributed by atoms with Gasteiger partial charge in [0.15, 0.2) is 5.96 Å². The summed E-state index contributed by atoms with van der Waals surface area (Å²) in [7, 11) is 0. The summed E-state index contributed by atoms with van der Waals surface area (Å²) in [5, 5.41) is 4.64. The van der Waals surface area contributed by atoms with Gasteiger partial charge in [-0.05, 0) is 20.3 Å². The number of ether oxygens (including phenoxy) is 1. The van der Waals surface area contributed by atoms with Crippen LogP contribution in [0.2, 0.25) is 0 Å². The van der Waals surface area contributed by atoms with Crippen molar-refractivity contribution in [2.45, 2.75) is 32.7 Å². The zero-order valence-corrected chi connectivity index (χ0v) is 15.6. The van der Waals surface area contributed by atoms with Gasteiger partial charge in [-0.1, -0.05) is 0 Å². The number of aryl methyl sites for hydroxylation is 1. The minimum absolute atomic E-state index is 0.638. The van der Waals surface area contributed by atoms with Crippen molar-refractivity contribution in [1.29, 1.82) is 0 Å². The number of thiazole rings is 1. The van der Waals surface area contributed by atoms with E-state index in [9.17, 15) is 0 Å². The lowest BCUT2D eigenvalue weighted by molar-refractivity contribution is 0.0195. The van der Waals surface area contributed by atoms with Crippen LogP contribution in [-0.2, 0) is 11.2 Å². The topological polar surface area (TPSA) is 53.0 Å². The molecule has 0 bridgehead atoms. The largest absolute Gasteiger partial charge is 0.379 e. The minimum Gasteiger partial charge on any atom is -0.379 e. The summed E-state index contributed by atoms with van der Waals surface area (Å²) in [4.78, 5) is 15.5. The van der Waals surface area contributed by atoms with Crippen molar-refractivity contribution in [1.82, 2.24) is 20.1 Å². The van der Waals surface area contributed by atoms with Gasteiger partial charge >= 0.3 is 0 Å². The van der Waals surface area contributed by atoms with Crippen molar-refractivity contribution >= 4 is 17.3 Å². The molecule has 0 aliphatic carbocycles. The number of guanidine groups is 1. The molecule has 1 aromatic rings. The number of aromatic nitrogens is 1. The van der Waals surface area contributed by atoms with Gasteiger partial charge in [-0.25, -0.2) is 4.98 Å². The molecule has 0 saturated carbocycles. The molecular formula is C17H29N5OS. The molecule has 0 aromatic carbocycles. The fourth-order valence-corrected chi connectivity index (χ4v) is 4.15. The smallest absolute Gasteiger partial charge is 0.193 e. The Kier molecular flexibility index (Phi) is 6.45. The fourth-order valence-electron chi connectivity index (χ4n) is 3.38. The van der Waals surface area contributed by atoms with E-state index in [1.54, 1.807) is 11.3 Å². The molecule has 0 spiro atoms. The van der Waals surface area contributed by atoms with Crippen LogP contribution in [0.4, 0.5) is 0 Å². The molecule has 2 aliphatic rings. The van der Waals surface area contributed by atoms with Gasteiger partial charge in [-0.15, -0.1) is 11.3 Å². The summed E-state index contributed by atoms with van der Waals surface area (Å²) in [6.45, 7) is 12.0. The molecule has 3 rings (SSSR count). The van der Waals surface area contributed by atoms with Crippen LogP contribution in [0.25, 0.3) is 0 Å². The SMILES string of the molecule is CCNC(=NCCc1ncc(C)s1)N1CCC(N2CCOCC2)C1. The van der Waals surface area contributed by atoms with Crippen molar-refractivity contribution in [3.63, 3.8) is 0 Å². The van der Waals surface area contributed by atoms with Gasteiger partial charge in [0.25, 0.3) is 0 Å². The second-order valence-corrected chi connectivity index (χ2v) is 7.71. The number of likely N-dealkylation sites (tertiary alicyclic amines) is 1. The molecule has 1 unspecified atom stereocenters. The first-order chi connectivity index (χ1) is 11.8. The van der Waals surface area contributed by atoms with Crippen LogP contribution in [0, 0.1) is 6.92 Å². The lowest BCUT2D eigenvalue weighted by Gasteiger charge is -2.32. The number of hydrogen-bond donors (Lipinski definition) is 1. The van der Waals surface area contributed by atoms with Crippen molar-refractivity contribution in [3.05, 3.63) is 16.1 Å². The van der Waals surface area contributed by atoms with Gasteiger partial charge in [-0.3, -0.25) is 9.89 Å². The van der Waals surface area contributed by atoms with Crippen molar-refractivity contribution in [2.24, 2.45) is 4.99 Å². The summed E-state index contributed by atoms with van der Waals surface area (Å²) in [5.74, 6) is 1.06. The molecule has 134 valence electrons. The van der Waals surface area contributed by atoms with Crippen LogP contribution < -0.4 is 5.32 Å². The molecule has 1 N–H and O–H groups in total. The normalized spacial score (nSPS) is 23.0. The predicted octanol–water partition coefficient (Wildman–Crippen LogP) is 1.37. The van der Waals surface area contributed by atoms with Crippen LogP contribution in [0.15, 0.2) is 11.2 Å². The molecule has 7 heteroatoms. The number of morpholine rings is 1. The molecule has 2 saturated heterocycles. The first-order valence-corrected chi connectivity index (χ1v) is 9.84. The first-order valence-electron chi connectivity index (χ1n) is 9.02. The van der Waals surface area contributed by atoms with Crippen molar-refractivity contribution in [3.8, 4) is 0 Å². The van der Waals surface area contributed by atoms with E-state index in [1.807, 2.05) is 6.20 Å². The van der Waals surface area contributed by atoms with Crippen LogP contribution in [0.5, 0.6) is 0 Å². The van der Waals surface area contributed by atoms with Crippen LogP contribution in [-0.4, -0.2) is 79.3 Å². The highest BCUT2D eigenvalue weighted by Crippen LogP contribution is 2.17. The maximum Gasteiger partial charge on any atom is 0.193 e. The van der Waals surface area contributed by atoms with Gasteiger partial charge in [0.2, 0.25) is 0 Å².